The molecule has 0 heterocycles. The van der Waals surface area contributed by atoms with E-state index in [1.807, 2.05) is 26.6 Å². The van der Waals surface area contributed by atoms with Crippen molar-refractivity contribution >= 4 is 94.9 Å². The smallest absolute Gasteiger partial charge is 0.326 e. The summed E-state index contributed by atoms with van der Waals surface area (Å²) < 4.78 is 0. The van der Waals surface area contributed by atoms with Gasteiger partial charge >= 0.3 is 41.8 Å². The molecule has 0 unspecified atom stereocenters. The number of nitrogens with two attached hydrogens (primary N) is 2. The van der Waals surface area contributed by atoms with Gasteiger partial charge in [-0.3, -0.25) is 71.9 Å². The number of carbonyl (C=O) groups excluding carboxylic acids is 9. The Morgan fingerprint density at radius 3 is 1.09 bits per heavy atom. The fraction of sp³-hybridized carbons (Fsp3) is 0.600. The summed E-state index contributed by atoms with van der Waals surface area (Å²) in [6, 6.07) is -18.1. The summed E-state index contributed by atoms with van der Waals surface area (Å²) in [5.41, 5.74) is 10.6. The Morgan fingerprint density at radius 1 is 0.392 bits per heavy atom. The molecule has 34 heteroatoms. The molecule has 9 amide bonds. The Morgan fingerprint density at radius 2 is 0.703 bits per heavy atom. The summed E-state index contributed by atoms with van der Waals surface area (Å²) in [4.78, 5) is 199. The van der Waals surface area contributed by atoms with Crippen LogP contribution >= 0.6 is 0 Å². The molecule has 0 bridgehead atoms. The number of amides is 9. The van der Waals surface area contributed by atoms with Crippen LogP contribution in [-0.4, -0.2) is 196 Å². The van der Waals surface area contributed by atoms with Crippen LogP contribution in [0.15, 0.2) is 0 Å². The lowest BCUT2D eigenvalue weighted by Gasteiger charge is -2.29. The third-order valence-electron chi connectivity index (χ3n) is 10.2. The van der Waals surface area contributed by atoms with Crippen LogP contribution < -0.4 is 54.0 Å². The molecule has 20 N–H and O–H groups in total. The van der Waals surface area contributed by atoms with E-state index in [0.29, 0.717) is 0 Å². The average Bonchev–Trinajstić information content (AvgIpc) is 3.27. The van der Waals surface area contributed by atoms with Crippen molar-refractivity contribution in [1.82, 2.24) is 42.5 Å². The van der Waals surface area contributed by atoms with E-state index < -0.39 is 219 Å². The van der Waals surface area contributed by atoms with Crippen LogP contribution in [0.2, 0.25) is 0 Å². The number of aliphatic hydroxyl groups is 1. The second-order valence-electron chi connectivity index (χ2n) is 16.3. The van der Waals surface area contributed by atoms with Crippen molar-refractivity contribution in [3.05, 3.63) is 0 Å². The largest absolute Gasteiger partial charge is 0.481 e. The van der Waals surface area contributed by atoms with E-state index in [2.05, 4.69) is 10.6 Å². The first-order valence-electron chi connectivity index (χ1n) is 21.9. The Balaban J connectivity index is 6.82. The number of rotatable bonds is 36. The SMILES string of the molecule is CC[C@H](C)[C@H](NC(=O)[C@H](CCC(=O)O)NC(=O)[C@H](CC(=O)O)NC(=O)[C@@H](NC(=O)[C@H](CC(=O)O)NC(=O)[C@@H](N)CC(=O)O)[C@@H](C)O)C(=O)N[C@@H](CCC(=O)O)C(=O)N[C@@H](CC(N)=O)C(=O)N[C@@H](CC(=O)O)C(=O)O. The molecular formula is C40H60N10O24. The molecule has 0 spiro atoms. The number of carboxylic acids is 7. The van der Waals surface area contributed by atoms with Crippen molar-refractivity contribution in [2.75, 3.05) is 0 Å². The van der Waals surface area contributed by atoms with Gasteiger partial charge in [0.15, 0.2) is 0 Å². The summed E-state index contributed by atoms with van der Waals surface area (Å²) >= 11 is 0. The molecule has 0 aromatic carbocycles. The molecule has 0 fully saturated rings. The fourth-order valence-corrected chi connectivity index (χ4v) is 6.14. The summed E-state index contributed by atoms with van der Waals surface area (Å²) in [6.07, 6.45) is -10.9. The molecule has 414 valence electrons. The van der Waals surface area contributed by atoms with Crippen LogP contribution in [0.4, 0.5) is 0 Å². The van der Waals surface area contributed by atoms with Crippen molar-refractivity contribution in [2.24, 2.45) is 17.4 Å². The lowest BCUT2D eigenvalue weighted by molar-refractivity contribution is -0.147. The zero-order valence-corrected chi connectivity index (χ0v) is 39.7. The van der Waals surface area contributed by atoms with Crippen LogP contribution in [0.3, 0.4) is 0 Å². The molecular weight excluding hydrogens is 1000 g/mol. The molecule has 74 heavy (non-hydrogen) atoms. The Kier molecular flexibility index (Phi) is 28.0. The number of aliphatic hydroxyl groups excluding tert-OH is 1. The monoisotopic (exact) mass is 1060 g/mol. The van der Waals surface area contributed by atoms with E-state index in [0.717, 1.165) is 6.92 Å². The number of nitrogens with one attached hydrogen (secondary N) is 8. The maximum atomic E-state index is 13.9. The van der Waals surface area contributed by atoms with Gasteiger partial charge in [0, 0.05) is 12.8 Å². The first-order chi connectivity index (χ1) is 34.2. The minimum Gasteiger partial charge on any atom is -0.481 e. The molecule has 0 saturated heterocycles. The summed E-state index contributed by atoms with van der Waals surface area (Å²) in [6.45, 7) is 3.76. The highest BCUT2D eigenvalue weighted by molar-refractivity contribution is 6.00. The van der Waals surface area contributed by atoms with Crippen molar-refractivity contribution in [1.29, 1.82) is 0 Å². The predicted octanol–water partition coefficient (Wildman–Crippen LogP) is -7.79. The van der Waals surface area contributed by atoms with Gasteiger partial charge in [-0.25, -0.2) is 4.79 Å². The number of carboxylic acid groups (broad SMARTS) is 7. The maximum Gasteiger partial charge on any atom is 0.326 e. The Hall–Kier alpha value is -8.56. The highest BCUT2D eigenvalue weighted by atomic mass is 16.4. The minimum atomic E-state index is -2.24. The molecule has 0 rings (SSSR count). The number of aliphatic carboxylic acids is 7. The molecule has 11 atom stereocenters. The van der Waals surface area contributed by atoms with Crippen LogP contribution in [0.1, 0.15) is 85.0 Å². The lowest BCUT2D eigenvalue weighted by Crippen LogP contribution is -2.62. The van der Waals surface area contributed by atoms with E-state index in [1.165, 1.54) is 13.8 Å². The zero-order chi connectivity index (χ0) is 57.3. The molecule has 0 aromatic rings. The van der Waals surface area contributed by atoms with E-state index in [-0.39, 0.29) is 6.42 Å². The first kappa shape index (κ1) is 65.4. The van der Waals surface area contributed by atoms with Crippen LogP contribution in [0, 0.1) is 5.92 Å². The average molecular weight is 1060 g/mol. The van der Waals surface area contributed by atoms with Gasteiger partial charge in [0.05, 0.1) is 44.2 Å². The summed E-state index contributed by atoms with van der Waals surface area (Å²) in [5, 5.41) is 91.3. The van der Waals surface area contributed by atoms with Crippen molar-refractivity contribution < 1.29 is 118 Å². The number of hydrogen-bond acceptors (Lipinski definition) is 18. The molecule has 0 saturated carbocycles. The van der Waals surface area contributed by atoms with E-state index in [9.17, 15) is 107 Å². The third kappa shape index (κ3) is 25.0. The van der Waals surface area contributed by atoms with Crippen molar-refractivity contribution in [2.45, 2.75) is 145 Å². The van der Waals surface area contributed by atoms with Gasteiger partial charge in [-0.15, -0.1) is 0 Å². The Bertz CT molecular complexity index is 2150. The van der Waals surface area contributed by atoms with Crippen molar-refractivity contribution in [3.8, 4) is 0 Å². The third-order valence-corrected chi connectivity index (χ3v) is 10.2. The van der Waals surface area contributed by atoms with Gasteiger partial charge in [0.25, 0.3) is 0 Å². The second-order valence-corrected chi connectivity index (χ2v) is 16.3. The predicted molar refractivity (Wildman–Crippen MR) is 239 cm³/mol. The van der Waals surface area contributed by atoms with Crippen molar-refractivity contribution in [3.63, 3.8) is 0 Å². The van der Waals surface area contributed by atoms with E-state index >= 15 is 0 Å². The topological polar surface area (TPSA) is 583 Å². The van der Waals surface area contributed by atoms with Gasteiger partial charge < -0.3 is 94.9 Å². The standard InChI is InChI=1S/C40H60N10O24/c1-4-14(2)30(38(71)44-17(5-7-24(53)54)33(66)46-19(10-23(42)52)35(68)48-22(40(73)74)13-29(63)64)49-34(67)18(6-8-25(55)56)43-36(69)20(11-27(59)60)47-39(72)31(15(3)51)50-37(70)21(12-28(61)62)45-32(65)16(41)9-26(57)58/h14-22,30-31,51H,4-13,41H2,1-3H3,(H2,42,52)(H,43,69)(H,44,71)(H,45,65)(H,46,66)(H,47,72)(H,48,68)(H,49,67)(H,50,70)(H,53,54)(H,55,56)(H,57,58)(H,59,60)(H,61,62)(H,63,64)(H,73,74)/t14-,15+,16-,17-,18-,19-,20-,21-,22-,30-,31-/m0/s1. The lowest BCUT2D eigenvalue weighted by atomic mass is 9.96. The molecule has 0 aliphatic carbocycles. The number of carbonyl (C=O) groups is 16. The second kappa shape index (κ2) is 31.7. The number of primary amides is 1. The molecule has 0 aliphatic rings. The molecule has 0 radical (unpaired) electrons. The maximum absolute atomic E-state index is 13.9. The van der Waals surface area contributed by atoms with Crippen LogP contribution in [0.25, 0.3) is 0 Å². The van der Waals surface area contributed by atoms with Gasteiger partial charge in [-0.1, -0.05) is 20.3 Å². The zero-order valence-electron chi connectivity index (χ0n) is 39.7. The van der Waals surface area contributed by atoms with Crippen LogP contribution in [-0.2, 0) is 76.7 Å². The molecule has 0 aromatic heterocycles. The fourth-order valence-electron chi connectivity index (χ4n) is 6.14. The van der Waals surface area contributed by atoms with E-state index in [1.54, 1.807) is 5.32 Å². The molecule has 0 aliphatic heterocycles. The minimum absolute atomic E-state index is 0.0356. The van der Waals surface area contributed by atoms with Crippen LogP contribution in [0.5, 0.6) is 0 Å². The highest BCUT2D eigenvalue weighted by Gasteiger charge is 2.38. The first-order valence-corrected chi connectivity index (χ1v) is 21.9. The molecule has 34 nitrogen and oxygen atoms in total. The Labute approximate surface area is 417 Å². The number of hydrogen-bond donors (Lipinski definition) is 18. The van der Waals surface area contributed by atoms with Gasteiger partial charge in [0.2, 0.25) is 53.2 Å². The normalized spacial score (nSPS) is 15.3. The van der Waals surface area contributed by atoms with Gasteiger partial charge in [-0.2, -0.15) is 0 Å². The highest BCUT2D eigenvalue weighted by Crippen LogP contribution is 2.12. The summed E-state index contributed by atoms with van der Waals surface area (Å²) in [7, 11) is 0. The summed E-state index contributed by atoms with van der Waals surface area (Å²) in [5.74, 6) is -25.2. The van der Waals surface area contributed by atoms with E-state index in [4.69, 9.17) is 21.7 Å². The van der Waals surface area contributed by atoms with Gasteiger partial charge in [0.1, 0.15) is 48.3 Å². The quantitative estimate of drug-likeness (QED) is 0.0277. The van der Waals surface area contributed by atoms with Gasteiger partial charge in [-0.05, 0) is 25.7 Å².